The van der Waals surface area contributed by atoms with E-state index in [1.54, 1.807) is 12.1 Å². The van der Waals surface area contributed by atoms with Gasteiger partial charge in [0, 0.05) is 12.3 Å². The molecule has 0 aliphatic rings. The number of rotatable bonds is 2. The first-order valence-electron chi connectivity index (χ1n) is 3.29. The van der Waals surface area contributed by atoms with Gasteiger partial charge in [0.25, 0.3) is 5.56 Å². The second-order valence-electron chi connectivity index (χ2n) is 2.16. The van der Waals surface area contributed by atoms with Gasteiger partial charge in [-0.25, -0.2) is 4.79 Å². The Morgan fingerprint density at radius 1 is 1.58 bits per heavy atom. The van der Waals surface area contributed by atoms with Gasteiger partial charge < -0.3 is 9.09 Å². The van der Waals surface area contributed by atoms with E-state index >= 15 is 0 Å². The molecule has 0 bridgehead atoms. The smallest absolute Gasteiger partial charge is 0.328 e. The first-order chi connectivity index (χ1) is 5.74. The van der Waals surface area contributed by atoms with E-state index in [-0.39, 0.29) is 12.1 Å². The van der Waals surface area contributed by atoms with Crippen molar-refractivity contribution in [3.8, 4) is 0 Å². The maximum absolute atomic E-state index is 11.0. The Kier molecular flexibility index (Phi) is 3.00. The van der Waals surface area contributed by atoms with Crippen LogP contribution in [0.5, 0.6) is 0 Å². The fourth-order valence-corrected chi connectivity index (χ4v) is 0.842. The zero-order valence-electron chi connectivity index (χ0n) is 6.27. The summed E-state index contributed by atoms with van der Waals surface area (Å²) in [5.74, 6) is -0.465. The number of carbonyl (C=O) groups excluding carboxylic acids is 1. The summed E-state index contributed by atoms with van der Waals surface area (Å²) in [5, 5.41) is 0. The van der Waals surface area contributed by atoms with Crippen LogP contribution in [0.1, 0.15) is 0 Å². The van der Waals surface area contributed by atoms with Crippen LogP contribution in [0, 0.1) is 0 Å². The highest BCUT2D eigenvalue weighted by Gasteiger charge is 2.01. The standard InChI is InChI=1S/C7H8NO3P/c9-6-3-1-2-4-8(6)5-7(10)11-12/h1-4H,5,12H2. The number of carbonyl (C=O) groups is 1. The summed E-state index contributed by atoms with van der Waals surface area (Å²) in [4.78, 5) is 21.7. The molecule has 0 saturated heterocycles. The maximum Gasteiger partial charge on any atom is 0.328 e. The van der Waals surface area contributed by atoms with E-state index in [1.807, 2.05) is 9.47 Å². The molecular formula is C7H8NO3P. The molecule has 4 nitrogen and oxygen atoms in total. The van der Waals surface area contributed by atoms with Gasteiger partial charge in [-0.1, -0.05) is 6.07 Å². The highest BCUT2D eigenvalue weighted by molar-refractivity contribution is 7.10. The molecule has 0 amide bonds. The predicted molar refractivity (Wildman–Crippen MR) is 46.5 cm³/mol. The summed E-state index contributed by atoms with van der Waals surface area (Å²) in [6.07, 6.45) is 1.53. The molecule has 1 unspecified atom stereocenters. The van der Waals surface area contributed by atoms with Gasteiger partial charge in [0.1, 0.15) is 6.54 Å². The molecule has 1 rings (SSSR count). The topological polar surface area (TPSA) is 48.3 Å². The van der Waals surface area contributed by atoms with Crippen molar-refractivity contribution in [3.05, 3.63) is 34.7 Å². The minimum absolute atomic E-state index is 0.0524. The first-order valence-corrected chi connectivity index (χ1v) is 3.76. The van der Waals surface area contributed by atoms with Crippen molar-refractivity contribution in [1.29, 1.82) is 0 Å². The minimum atomic E-state index is -0.465. The van der Waals surface area contributed by atoms with E-state index in [0.29, 0.717) is 0 Å². The van der Waals surface area contributed by atoms with E-state index in [4.69, 9.17) is 0 Å². The summed E-state index contributed by atoms with van der Waals surface area (Å²) < 4.78 is 5.60. The summed E-state index contributed by atoms with van der Waals surface area (Å²) in [7, 11) is 1.84. The molecule has 1 aromatic rings. The molecule has 5 heteroatoms. The lowest BCUT2D eigenvalue weighted by Gasteiger charge is -2.01. The van der Waals surface area contributed by atoms with Gasteiger partial charge in [-0.2, -0.15) is 0 Å². The van der Waals surface area contributed by atoms with Crippen LogP contribution in [-0.2, 0) is 15.9 Å². The molecule has 64 valence electrons. The monoisotopic (exact) mass is 185 g/mol. The normalized spacial score (nSPS) is 9.42. The maximum atomic E-state index is 11.0. The number of hydrogen-bond donors (Lipinski definition) is 0. The first kappa shape index (κ1) is 8.94. The molecule has 12 heavy (non-hydrogen) atoms. The van der Waals surface area contributed by atoms with Gasteiger partial charge in [-0.05, 0) is 6.07 Å². The van der Waals surface area contributed by atoms with E-state index in [2.05, 4.69) is 4.52 Å². The molecule has 1 aromatic heterocycles. The van der Waals surface area contributed by atoms with E-state index in [0.717, 1.165) is 0 Å². The quantitative estimate of drug-likeness (QED) is 0.617. The lowest BCUT2D eigenvalue weighted by Crippen LogP contribution is -2.22. The lowest BCUT2D eigenvalue weighted by atomic mass is 10.4. The van der Waals surface area contributed by atoms with Crippen LogP contribution in [0.2, 0.25) is 0 Å². The molecule has 1 heterocycles. The molecule has 1 atom stereocenters. The van der Waals surface area contributed by atoms with Gasteiger partial charge in [0.15, 0.2) is 0 Å². The number of hydrogen-bond acceptors (Lipinski definition) is 3. The van der Waals surface area contributed by atoms with Gasteiger partial charge >= 0.3 is 5.97 Å². The highest BCUT2D eigenvalue weighted by atomic mass is 31.0. The Balaban J connectivity index is 2.83. The van der Waals surface area contributed by atoms with Gasteiger partial charge in [0.2, 0.25) is 0 Å². The van der Waals surface area contributed by atoms with Crippen LogP contribution in [0.3, 0.4) is 0 Å². The molecule has 0 aliphatic carbocycles. The van der Waals surface area contributed by atoms with Crippen LogP contribution in [0.4, 0.5) is 0 Å². The fourth-order valence-electron chi connectivity index (χ4n) is 0.768. The molecule has 0 N–H and O–H groups in total. The summed E-state index contributed by atoms with van der Waals surface area (Å²) in [5.41, 5.74) is -0.215. The van der Waals surface area contributed by atoms with Gasteiger partial charge in [0.05, 0.1) is 9.47 Å². The zero-order chi connectivity index (χ0) is 8.97. The minimum Gasteiger partial charge on any atom is -0.450 e. The average molecular weight is 185 g/mol. The van der Waals surface area contributed by atoms with Crippen LogP contribution < -0.4 is 5.56 Å². The number of nitrogens with zero attached hydrogens (tertiary/aromatic N) is 1. The van der Waals surface area contributed by atoms with Crippen molar-refractivity contribution in [1.82, 2.24) is 4.57 Å². The Bertz CT molecular complexity index is 333. The van der Waals surface area contributed by atoms with Crippen molar-refractivity contribution in [3.63, 3.8) is 0 Å². The third-order valence-corrected chi connectivity index (χ3v) is 1.59. The fraction of sp³-hybridized carbons (Fsp3) is 0.143. The van der Waals surface area contributed by atoms with Crippen molar-refractivity contribution in [2.75, 3.05) is 0 Å². The van der Waals surface area contributed by atoms with Crippen LogP contribution in [0.25, 0.3) is 0 Å². The highest BCUT2D eigenvalue weighted by Crippen LogP contribution is 1.90. The summed E-state index contributed by atoms with van der Waals surface area (Å²) in [6.45, 7) is -0.0524. The summed E-state index contributed by atoms with van der Waals surface area (Å²) in [6, 6.07) is 4.68. The van der Waals surface area contributed by atoms with Crippen molar-refractivity contribution in [2.24, 2.45) is 0 Å². The van der Waals surface area contributed by atoms with Gasteiger partial charge in [-0.3, -0.25) is 4.79 Å². The molecule has 0 aliphatic heterocycles. The van der Waals surface area contributed by atoms with E-state index in [1.165, 1.54) is 16.8 Å². The van der Waals surface area contributed by atoms with Crippen molar-refractivity contribution in [2.45, 2.75) is 6.54 Å². The molecule has 0 radical (unpaired) electrons. The largest absolute Gasteiger partial charge is 0.450 e. The van der Waals surface area contributed by atoms with Crippen LogP contribution >= 0.6 is 9.47 Å². The van der Waals surface area contributed by atoms with Crippen LogP contribution in [0.15, 0.2) is 29.2 Å². The molecule has 0 fully saturated rings. The van der Waals surface area contributed by atoms with E-state index < -0.39 is 5.97 Å². The Labute approximate surface area is 71.4 Å². The second kappa shape index (κ2) is 4.02. The molecular weight excluding hydrogens is 177 g/mol. The van der Waals surface area contributed by atoms with Crippen molar-refractivity contribution < 1.29 is 9.32 Å². The Hall–Kier alpha value is -1.15. The number of aromatic nitrogens is 1. The Morgan fingerprint density at radius 3 is 2.92 bits per heavy atom. The van der Waals surface area contributed by atoms with Crippen molar-refractivity contribution >= 4 is 15.4 Å². The summed E-state index contributed by atoms with van der Waals surface area (Å²) >= 11 is 0. The molecule has 0 aromatic carbocycles. The predicted octanol–water partition coefficient (Wildman–Crippen LogP) is 0.182. The SMILES string of the molecule is O=C(Cn1ccccc1=O)OP. The number of pyridine rings is 1. The van der Waals surface area contributed by atoms with Crippen LogP contribution in [-0.4, -0.2) is 10.5 Å². The Morgan fingerprint density at radius 2 is 2.33 bits per heavy atom. The third kappa shape index (κ3) is 2.17. The second-order valence-corrected chi connectivity index (χ2v) is 2.39. The van der Waals surface area contributed by atoms with Gasteiger partial charge in [-0.15, -0.1) is 0 Å². The van der Waals surface area contributed by atoms with E-state index in [9.17, 15) is 9.59 Å². The lowest BCUT2D eigenvalue weighted by molar-refractivity contribution is -0.133. The molecule has 0 spiro atoms. The average Bonchev–Trinajstić information content (AvgIpc) is 2.09. The third-order valence-electron chi connectivity index (χ3n) is 1.33. The molecule has 0 saturated carbocycles. The zero-order valence-corrected chi connectivity index (χ0v) is 7.42.